The number of aliphatic hydroxyl groups excluding tert-OH is 1. The van der Waals surface area contributed by atoms with E-state index >= 15 is 0 Å². The highest BCUT2D eigenvalue weighted by Crippen LogP contribution is 2.19. The van der Waals surface area contributed by atoms with Gasteiger partial charge in [-0.15, -0.1) is 24.0 Å². The Hall–Kier alpha value is -1.87. The molecule has 0 aromatic heterocycles. The molecule has 0 unspecified atom stereocenters. The summed E-state index contributed by atoms with van der Waals surface area (Å²) in [5, 5.41) is 15.7. The van der Waals surface area contributed by atoms with Crippen LogP contribution in [0.25, 0.3) is 0 Å². The number of nitrogens with zero attached hydrogens (tertiary/aromatic N) is 1. The van der Waals surface area contributed by atoms with Crippen LogP contribution in [0.5, 0.6) is 5.75 Å². The second-order valence-electron chi connectivity index (χ2n) is 6.27. The minimum absolute atomic E-state index is 0. The number of nitrogens with one attached hydrogen (secondary N) is 2. The van der Waals surface area contributed by atoms with Gasteiger partial charge in [-0.3, -0.25) is 0 Å². The fraction of sp³-hybridized carbons (Fsp3) is 0.381. The van der Waals surface area contributed by atoms with Crippen molar-refractivity contribution in [2.45, 2.75) is 33.4 Å². The van der Waals surface area contributed by atoms with Crippen LogP contribution >= 0.6 is 24.0 Å². The van der Waals surface area contributed by atoms with Crippen molar-refractivity contribution in [1.82, 2.24) is 10.6 Å². The molecule has 7 heteroatoms. The van der Waals surface area contributed by atoms with Gasteiger partial charge in [-0.25, -0.2) is 9.38 Å². The quantitative estimate of drug-likeness (QED) is 0.294. The number of halogens is 2. The third-order valence-corrected chi connectivity index (χ3v) is 4.17. The molecule has 0 saturated heterocycles. The van der Waals surface area contributed by atoms with Gasteiger partial charge in [-0.1, -0.05) is 23.8 Å². The van der Waals surface area contributed by atoms with E-state index in [2.05, 4.69) is 28.6 Å². The van der Waals surface area contributed by atoms with Crippen molar-refractivity contribution in [3.8, 4) is 5.75 Å². The number of benzene rings is 2. The van der Waals surface area contributed by atoms with E-state index < -0.39 is 5.82 Å². The van der Waals surface area contributed by atoms with Crippen molar-refractivity contribution in [1.29, 1.82) is 0 Å². The standard InChI is InChI=1S/C21H28FN3O2.HI/c1-4-23-21(25-13-16-6-7-19(22)18(12-16)14-26)24-10-9-17-11-15(2)5-8-20(17)27-3;/h5-8,11-12,26H,4,9-10,13-14H2,1-3H3,(H2,23,24,25);1H. The Bertz CT molecular complexity index is 784. The lowest BCUT2D eigenvalue weighted by Crippen LogP contribution is -2.38. The van der Waals surface area contributed by atoms with Gasteiger partial charge in [0.25, 0.3) is 0 Å². The number of ether oxygens (including phenoxy) is 1. The van der Waals surface area contributed by atoms with Crippen LogP contribution in [-0.2, 0) is 19.6 Å². The van der Waals surface area contributed by atoms with Crippen molar-refractivity contribution >= 4 is 29.9 Å². The second-order valence-corrected chi connectivity index (χ2v) is 6.27. The lowest BCUT2D eigenvalue weighted by Gasteiger charge is -2.13. The first-order valence-corrected chi connectivity index (χ1v) is 9.11. The van der Waals surface area contributed by atoms with E-state index in [0.717, 1.165) is 29.8 Å². The molecule has 0 aliphatic rings. The molecule has 2 aromatic carbocycles. The van der Waals surface area contributed by atoms with Crippen LogP contribution < -0.4 is 15.4 Å². The van der Waals surface area contributed by atoms with Gasteiger partial charge >= 0.3 is 0 Å². The summed E-state index contributed by atoms with van der Waals surface area (Å²) in [6, 6.07) is 10.8. The zero-order valence-corrected chi connectivity index (χ0v) is 18.9. The Labute approximate surface area is 183 Å². The summed E-state index contributed by atoms with van der Waals surface area (Å²) < 4.78 is 18.9. The van der Waals surface area contributed by atoms with Crippen LogP contribution in [0.2, 0.25) is 0 Å². The van der Waals surface area contributed by atoms with Gasteiger partial charge < -0.3 is 20.5 Å². The van der Waals surface area contributed by atoms with Gasteiger partial charge in [0.05, 0.1) is 20.3 Å². The fourth-order valence-corrected chi connectivity index (χ4v) is 2.78. The maximum Gasteiger partial charge on any atom is 0.191 e. The summed E-state index contributed by atoms with van der Waals surface area (Å²) in [4.78, 5) is 4.54. The van der Waals surface area contributed by atoms with Crippen LogP contribution in [0.3, 0.4) is 0 Å². The number of hydrogen-bond donors (Lipinski definition) is 3. The Kier molecular flexibility index (Phi) is 10.8. The van der Waals surface area contributed by atoms with Crippen LogP contribution in [0.4, 0.5) is 4.39 Å². The average molecular weight is 501 g/mol. The molecule has 0 saturated carbocycles. The van der Waals surface area contributed by atoms with E-state index in [0.29, 0.717) is 19.0 Å². The van der Waals surface area contributed by atoms with Crippen molar-refractivity contribution in [2.24, 2.45) is 4.99 Å². The Balaban J connectivity index is 0.00000392. The Morgan fingerprint density at radius 1 is 1.14 bits per heavy atom. The summed E-state index contributed by atoms with van der Waals surface area (Å²) in [7, 11) is 1.68. The molecule has 3 N–H and O–H groups in total. The number of methoxy groups -OCH3 is 1. The Morgan fingerprint density at radius 2 is 1.93 bits per heavy atom. The number of guanidine groups is 1. The molecule has 154 valence electrons. The average Bonchev–Trinajstić information content (AvgIpc) is 2.67. The molecule has 0 bridgehead atoms. The predicted octanol–water partition coefficient (Wildman–Crippen LogP) is 3.55. The molecule has 0 aliphatic heterocycles. The summed E-state index contributed by atoms with van der Waals surface area (Å²) in [6.07, 6.45) is 0.806. The van der Waals surface area contributed by atoms with Crippen LogP contribution in [0, 0.1) is 12.7 Å². The largest absolute Gasteiger partial charge is 0.496 e. The molecule has 0 amide bonds. The SMILES string of the molecule is CCNC(=NCc1ccc(F)c(CO)c1)NCCc1cc(C)ccc1OC.I. The highest BCUT2D eigenvalue weighted by atomic mass is 127. The summed E-state index contributed by atoms with van der Waals surface area (Å²) in [6.45, 7) is 5.59. The molecule has 5 nitrogen and oxygen atoms in total. The van der Waals surface area contributed by atoms with Gasteiger partial charge in [0.15, 0.2) is 5.96 Å². The molecule has 0 fully saturated rings. The zero-order valence-electron chi connectivity index (χ0n) is 16.6. The van der Waals surface area contributed by atoms with E-state index in [9.17, 15) is 9.50 Å². The van der Waals surface area contributed by atoms with Gasteiger partial charge in [0.2, 0.25) is 0 Å². The number of rotatable bonds is 8. The molecule has 28 heavy (non-hydrogen) atoms. The first kappa shape index (κ1) is 24.2. The smallest absolute Gasteiger partial charge is 0.191 e. The normalized spacial score (nSPS) is 11.0. The molecule has 2 aromatic rings. The fourth-order valence-electron chi connectivity index (χ4n) is 2.78. The minimum atomic E-state index is -0.401. The topological polar surface area (TPSA) is 65.9 Å². The van der Waals surface area contributed by atoms with Gasteiger partial charge in [-0.2, -0.15) is 0 Å². The maximum atomic E-state index is 13.5. The first-order valence-electron chi connectivity index (χ1n) is 9.11. The number of aliphatic imine (C=N–C) groups is 1. The number of aliphatic hydroxyl groups is 1. The van der Waals surface area contributed by atoms with Gasteiger partial charge in [0, 0.05) is 18.7 Å². The third kappa shape index (κ3) is 7.27. The zero-order chi connectivity index (χ0) is 19.6. The number of aryl methyl sites for hydroxylation is 1. The molecule has 2 rings (SSSR count). The van der Waals surface area contributed by atoms with Gasteiger partial charge in [0.1, 0.15) is 11.6 Å². The second kappa shape index (κ2) is 12.6. The minimum Gasteiger partial charge on any atom is -0.496 e. The number of hydrogen-bond acceptors (Lipinski definition) is 3. The molecular weight excluding hydrogens is 472 g/mol. The van der Waals surface area contributed by atoms with E-state index in [1.54, 1.807) is 19.2 Å². The molecule has 0 heterocycles. The molecular formula is C21H29FIN3O2. The summed E-state index contributed by atoms with van der Waals surface area (Å²) in [5.41, 5.74) is 3.47. The third-order valence-electron chi connectivity index (χ3n) is 4.17. The van der Waals surface area contributed by atoms with E-state index in [1.807, 2.05) is 19.1 Å². The summed E-state index contributed by atoms with van der Waals surface area (Å²) in [5.74, 6) is 1.17. The van der Waals surface area contributed by atoms with Gasteiger partial charge in [-0.05, 0) is 49.6 Å². The van der Waals surface area contributed by atoms with Crippen LogP contribution in [-0.4, -0.2) is 31.3 Å². The molecule has 0 radical (unpaired) electrons. The van der Waals surface area contributed by atoms with Crippen LogP contribution in [0.15, 0.2) is 41.4 Å². The predicted molar refractivity (Wildman–Crippen MR) is 122 cm³/mol. The van der Waals surface area contributed by atoms with Crippen molar-refractivity contribution in [2.75, 3.05) is 20.2 Å². The first-order chi connectivity index (χ1) is 13.1. The molecule has 0 aliphatic carbocycles. The van der Waals surface area contributed by atoms with Crippen LogP contribution in [0.1, 0.15) is 29.2 Å². The maximum absolute atomic E-state index is 13.5. The van der Waals surface area contributed by atoms with E-state index in [-0.39, 0.29) is 36.1 Å². The van der Waals surface area contributed by atoms with E-state index in [1.165, 1.54) is 11.6 Å². The van der Waals surface area contributed by atoms with E-state index in [4.69, 9.17) is 4.74 Å². The highest BCUT2D eigenvalue weighted by Gasteiger charge is 2.05. The lowest BCUT2D eigenvalue weighted by molar-refractivity contribution is 0.275. The van der Waals surface area contributed by atoms with Crippen molar-refractivity contribution in [3.63, 3.8) is 0 Å². The van der Waals surface area contributed by atoms with Crippen molar-refractivity contribution in [3.05, 3.63) is 64.5 Å². The summed E-state index contributed by atoms with van der Waals surface area (Å²) >= 11 is 0. The Morgan fingerprint density at radius 3 is 2.61 bits per heavy atom. The monoisotopic (exact) mass is 501 g/mol. The molecule has 0 spiro atoms. The lowest BCUT2D eigenvalue weighted by atomic mass is 10.1. The molecule has 0 atom stereocenters. The highest BCUT2D eigenvalue weighted by molar-refractivity contribution is 14.0. The van der Waals surface area contributed by atoms with Crippen molar-refractivity contribution < 1.29 is 14.2 Å².